The van der Waals surface area contributed by atoms with E-state index in [-0.39, 0.29) is 18.1 Å². The van der Waals surface area contributed by atoms with Crippen LogP contribution in [0.25, 0.3) is 0 Å². The largest absolute Gasteiger partial charge is 0.338 e. The number of anilines is 6. The number of amides is 6. The van der Waals surface area contributed by atoms with Gasteiger partial charge in [-0.2, -0.15) is 0 Å². The number of nitrogens with one attached hydrogen (secondary N) is 6. The van der Waals surface area contributed by atoms with E-state index in [2.05, 4.69) is 52.7 Å². The molecular weight excluding hydrogens is 687 g/mol. The second-order valence-corrected chi connectivity index (χ2v) is 14.4. The Kier molecular flexibility index (Phi) is 22.6. The van der Waals surface area contributed by atoms with Crippen molar-refractivity contribution in [3.8, 4) is 0 Å². The summed E-state index contributed by atoms with van der Waals surface area (Å²) in [4.78, 5) is 40.6. The number of urea groups is 3. The summed E-state index contributed by atoms with van der Waals surface area (Å²) in [5.74, 6) is 0. The molecule has 0 spiro atoms. The average Bonchev–Trinajstić information content (AvgIpc) is 3.17. The fourth-order valence-electron chi connectivity index (χ4n) is 6.46. The van der Waals surface area contributed by atoms with Crippen LogP contribution in [-0.4, -0.2) is 37.7 Å². The SMILES string of the molecule is CCCCCCCCNC(=O)Nc1cccc(N(c2cccc(NC(=O)NCCCCCCCC)c2)c2cccc(NC(=O)NCCCCCCCC)c2)c1. The maximum absolute atomic E-state index is 12.8. The van der Waals surface area contributed by atoms with E-state index < -0.39 is 0 Å². The van der Waals surface area contributed by atoms with Crippen LogP contribution in [0.5, 0.6) is 0 Å². The molecule has 302 valence electrons. The molecule has 10 nitrogen and oxygen atoms in total. The first-order valence-electron chi connectivity index (χ1n) is 21.2. The van der Waals surface area contributed by atoms with Crippen LogP contribution in [0.15, 0.2) is 72.8 Å². The van der Waals surface area contributed by atoms with E-state index in [1.807, 2.05) is 77.7 Å². The van der Waals surface area contributed by atoms with Crippen molar-refractivity contribution in [1.29, 1.82) is 0 Å². The summed E-state index contributed by atoms with van der Waals surface area (Å²) < 4.78 is 0. The third-order valence-electron chi connectivity index (χ3n) is 9.53. The highest BCUT2D eigenvalue weighted by Gasteiger charge is 2.16. The van der Waals surface area contributed by atoms with E-state index >= 15 is 0 Å². The third kappa shape index (κ3) is 18.9. The standard InChI is InChI=1S/C45H69N7O3/c1-4-7-10-13-16-19-31-46-43(53)49-37-25-22-28-40(34-37)52(41-29-23-26-38(35-41)50-44(54)47-32-20-17-14-11-8-5-2)42-30-24-27-39(36-42)51-45(55)48-33-21-18-15-12-9-6-3/h22-30,34-36H,4-21,31-33H2,1-3H3,(H2,46,49,53)(H2,47,50,54)(H2,48,51,55). The zero-order valence-corrected chi connectivity index (χ0v) is 33.9. The van der Waals surface area contributed by atoms with E-state index in [4.69, 9.17) is 0 Å². The Labute approximate surface area is 331 Å². The molecule has 0 bridgehead atoms. The molecule has 0 aliphatic carbocycles. The van der Waals surface area contributed by atoms with Gasteiger partial charge < -0.3 is 36.8 Å². The predicted molar refractivity (Wildman–Crippen MR) is 232 cm³/mol. The van der Waals surface area contributed by atoms with Crippen LogP contribution in [0.3, 0.4) is 0 Å². The van der Waals surface area contributed by atoms with Crippen LogP contribution >= 0.6 is 0 Å². The maximum atomic E-state index is 12.8. The average molecular weight is 756 g/mol. The van der Waals surface area contributed by atoms with E-state index in [0.717, 1.165) is 55.6 Å². The molecule has 0 unspecified atom stereocenters. The summed E-state index contributed by atoms with van der Waals surface area (Å²) in [5, 5.41) is 18.0. The van der Waals surface area contributed by atoms with Crippen LogP contribution < -0.4 is 36.8 Å². The van der Waals surface area contributed by atoms with Gasteiger partial charge in [-0.3, -0.25) is 0 Å². The van der Waals surface area contributed by atoms with Gasteiger partial charge in [0.15, 0.2) is 0 Å². The van der Waals surface area contributed by atoms with Crippen molar-refractivity contribution in [1.82, 2.24) is 16.0 Å². The fourth-order valence-corrected chi connectivity index (χ4v) is 6.46. The molecule has 0 fully saturated rings. The summed E-state index contributed by atoms with van der Waals surface area (Å²) in [6.45, 7) is 8.51. The monoisotopic (exact) mass is 756 g/mol. The van der Waals surface area contributed by atoms with Crippen molar-refractivity contribution >= 4 is 52.2 Å². The molecule has 0 aromatic heterocycles. The van der Waals surface area contributed by atoms with Gasteiger partial charge in [-0.05, 0) is 73.9 Å². The highest BCUT2D eigenvalue weighted by Crippen LogP contribution is 2.37. The van der Waals surface area contributed by atoms with Gasteiger partial charge in [0.1, 0.15) is 0 Å². The molecule has 6 N–H and O–H groups in total. The molecule has 0 aliphatic heterocycles. The maximum Gasteiger partial charge on any atom is 0.319 e. The van der Waals surface area contributed by atoms with Gasteiger partial charge >= 0.3 is 18.1 Å². The number of nitrogens with zero attached hydrogens (tertiary/aromatic N) is 1. The molecule has 3 rings (SSSR count). The van der Waals surface area contributed by atoms with Gasteiger partial charge in [-0.15, -0.1) is 0 Å². The molecule has 0 saturated heterocycles. The Morgan fingerprint density at radius 2 is 0.673 bits per heavy atom. The number of hydrogen-bond acceptors (Lipinski definition) is 4. The number of unbranched alkanes of at least 4 members (excludes halogenated alkanes) is 15. The highest BCUT2D eigenvalue weighted by atomic mass is 16.2. The molecule has 0 heterocycles. The molecular formula is C45H69N7O3. The van der Waals surface area contributed by atoms with E-state index in [9.17, 15) is 14.4 Å². The summed E-state index contributed by atoms with van der Waals surface area (Å²) in [6.07, 6.45) is 20.9. The van der Waals surface area contributed by atoms with Gasteiger partial charge in [0.05, 0.1) is 0 Å². The second kappa shape index (κ2) is 27.8. The quantitative estimate of drug-likeness (QED) is 0.0433. The van der Waals surface area contributed by atoms with Gasteiger partial charge in [-0.1, -0.05) is 135 Å². The first-order valence-corrected chi connectivity index (χ1v) is 21.2. The van der Waals surface area contributed by atoms with Crippen LogP contribution in [0.2, 0.25) is 0 Å². The number of rotatable bonds is 27. The summed E-state index contributed by atoms with van der Waals surface area (Å²) in [7, 11) is 0. The van der Waals surface area contributed by atoms with Crippen LogP contribution in [0.1, 0.15) is 136 Å². The molecule has 6 amide bonds. The number of hydrogen-bond donors (Lipinski definition) is 6. The molecule has 10 heteroatoms. The molecule has 55 heavy (non-hydrogen) atoms. The third-order valence-corrected chi connectivity index (χ3v) is 9.53. The lowest BCUT2D eigenvalue weighted by Crippen LogP contribution is -2.29. The van der Waals surface area contributed by atoms with Crippen LogP contribution in [-0.2, 0) is 0 Å². The summed E-state index contributed by atoms with van der Waals surface area (Å²) in [5.41, 5.74) is 4.33. The Morgan fingerprint density at radius 3 is 0.964 bits per heavy atom. The normalized spacial score (nSPS) is 10.7. The molecule has 0 saturated carbocycles. The van der Waals surface area contributed by atoms with E-state index in [0.29, 0.717) is 36.7 Å². The Balaban J connectivity index is 1.74. The van der Waals surface area contributed by atoms with Crippen molar-refractivity contribution in [2.45, 2.75) is 136 Å². The smallest absolute Gasteiger partial charge is 0.319 e. The van der Waals surface area contributed by atoms with Gasteiger partial charge in [0, 0.05) is 53.8 Å². The summed E-state index contributed by atoms with van der Waals surface area (Å²) in [6, 6.07) is 22.3. The highest BCUT2D eigenvalue weighted by molar-refractivity contribution is 5.93. The summed E-state index contributed by atoms with van der Waals surface area (Å²) >= 11 is 0. The van der Waals surface area contributed by atoms with Crippen molar-refractivity contribution in [2.75, 3.05) is 40.5 Å². The van der Waals surface area contributed by atoms with Crippen LogP contribution in [0.4, 0.5) is 48.5 Å². The van der Waals surface area contributed by atoms with E-state index in [1.54, 1.807) is 0 Å². The van der Waals surface area contributed by atoms with Crippen molar-refractivity contribution in [2.24, 2.45) is 0 Å². The molecule has 3 aromatic carbocycles. The lowest BCUT2D eigenvalue weighted by Gasteiger charge is -2.27. The number of carbonyl (C=O) groups is 3. The zero-order chi connectivity index (χ0) is 39.4. The Bertz CT molecular complexity index is 1350. The first-order chi connectivity index (χ1) is 26.9. The van der Waals surface area contributed by atoms with Crippen molar-refractivity contribution in [3.63, 3.8) is 0 Å². The number of benzene rings is 3. The first kappa shape index (κ1) is 44.7. The second-order valence-electron chi connectivity index (χ2n) is 14.4. The minimum atomic E-state index is -0.242. The predicted octanol–water partition coefficient (Wildman–Crippen LogP) is 12.6. The Morgan fingerprint density at radius 1 is 0.400 bits per heavy atom. The van der Waals surface area contributed by atoms with Crippen LogP contribution in [0, 0.1) is 0 Å². The van der Waals surface area contributed by atoms with E-state index in [1.165, 1.54) is 77.0 Å². The van der Waals surface area contributed by atoms with Crippen molar-refractivity contribution in [3.05, 3.63) is 72.8 Å². The molecule has 0 aliphatic rings. The topological polar surface area (TPSA) is 127 Å². The number of carbonyl (C=O) groups excluding carboxylic acids is 3. The minimum Gasteiger partial charge on any atom is -0.338 e. The Hall–Kier alpha value is -4.73. The molecule has 0 radical (unpaired) electrons. The molecule has 0 atom stereocenters. The lowest BCUT2D eigenvalue weighted by atomic mass is 10.1. The van der Waals surface area contributed by atoms with Crippen molar-refractivity contribution < 1.29 is 14.4 Å². The lowest BCUT2D eigenvalue weighted by molar-refractivity contribution is 0.251. The molecule has 3 aromatic rings. The van der Waals surface area contributed by atoms with Gasteiger partial charge in [0.2, 0.25) is 0 Å². The van der Waals surface area contributed by atoms with Gasteiger partial charge in [0.25, 0.3) is 0 Å². The minimum absolute atomic E-state index is 0.242. The zero-order valence-electron chi connectivity index (χ0n) is 33.9. The van der Waals surface area contributed by atoms with Gasteiger partial charge in [-0.25, -0.2) is 14.4 Å². The fraction of sp³-hybridized carbons (Fsp3) is 0.533.